The van der Waals surface area contributed by atoms with Gasteiger partial charge in [0.05, 0.1) is 0 Å². The van der Waals surface area contributed by atoms with Crippen molar-refractivity contribution in [3.05, 3.63) is 76.1 Å². The molecule has 1 aromatic rings. The van der Waals surface area contributed by atoms with E-state index in [4.69, 9.17) is 4.74 Å². The maximum atomic E-state index is 13.4. The molecule has 0 unspecified atom stereocenters. The van der Waals surface area contributed by atoms with Crippen LogP contribution in [0.15, 0.2) is 58.9 Å². The molecule has 3 heteroatoms. The summed E-state index contributed by atoms with van der Waals surface area (Å²) in [5.41, 5.74) is 3.55. The lowest BCUT2D eigenvalue weighted by atomic mass is 9.86. The summed E-state index contributed by atoms with van der Waals surface area (Å²) in [6, 6.07) is 3.95. The Labute approximate surface area is 129 Å². The van der Waals surface area contributed by atoms with Crippen molar-refractivity contribution in [1.29, 1.82) is 0 Å². The molecule has 0 saturated carbocycles. The summed E-state index contributed by atoms with van der Waals surface area (Å²) in [5, 5.41) is 0. The second-order valence-electron chi connectivity index (χ2n) is 6.22. The van der Waals surface area contributed by atoms with E-state index in [-0.39, 0.29) is 5.60 Å². The van der Waals surface area contributed by atoms with E-state index in [0.29, 0.717) is 5.56 Å². The van der Waals surface area contributed by atoms with E-state index in [9.17, 15) is 8.78 Å². The minimum atomic E-state index is -0.830. The van der Waals surface area contributed by atoms with Crippen molar-refractivity contribution in [2.75, 3.05) is 0 Å². The van der Waals surface area contributed by atoms with Crippen molar-refractivity contribution in [2.45, 2.75) is 32.8 Å². The number of hydrogen-bond acceptors (Lipinski definition) is 1. The zero-order valence-corrected chi connectivity index (χ0v) is 12.9. The third-order valence-corrected chi connectivity index (χ3v) is 3.79. The van der Waals surface area contributed by atoms with E-state index in [1.807, 2.05) is 32.1 Å². The Kier molecular flexibility index (Phi) is 3.51. The molecular formula is C19H18F2O. The molecule has 114 valence electrons. The topological polar surface area (TPSA) is 9.23 Å². The van der Waals surface area contributed by atoms with Gasteiger partial charge in [-0.3, -0.25) is 0 Å². The smallest absolute Gasteiger partial charge is 0.159 e. The van der Waals surface area contributed by atoms with Crippen LogP contribution < -0.4 is 0 Å². The van der Waals surface area contributed by atoms with Crippen molar-refractivity contribution >= 4 is 6.08 Å². The van der Waals surface area contributed by atoms with Crippen molar-refractivity contribution in [3.8, 4) is 0 Å². The third-order valence-electron chi connectivity index (χ3n) is 3.79. The first-order chi connectivity index (χ1) is 10.4. The molecule has 0 aromatic heterocycles. The Hall–Kier alpha value is -2.16. The normalized spacial score (nSPS) is 21.5. The monoisotopic (exact) mass is 300 g/mol. The van der Waals surface area contributed by atoms with Gasteiger partial charge in [0.1, 0.15) is 11.4 Å². The standard InChI is InChI=1S/C19H18F2O/c1-12-11-19(2,3)22-17-6-4-5-14(18(12)17)9-13-7-8-15(20)16(21)10-13/h4,6-11H,5H2,1-3H3. The SMILES string of the molecule is CC1=CC(C)(C)OC2=C1C(=Cc1ccc(F)c(F)c1)CC=C2. The summed E-state index contributed by atoms with van der Waals surface area (Å²) < 4.78 is 32.4. The predicted octanol–water partition coefficient (Wildman–Crippen LogP) is 5.32. The van der Waals surface area contributed by atoms with Gasteiger partial charge in [-0.25, -0.2) is 8.78 Å². The first-order valence-corrected chi connectivity index (χ1v) is 7.31. The highest BCUT2D eigenvalue weighted by atomic mass is 19.2. The van der Waals surface area contributed by atoms with Gasteiger partial charge in [-0.1, -0.05) is 18.2 Å². The predicted molar refractivity (Wildman–Crippen MR) is 84.0 cm³/mol. The molecule has 0 spiro atoms. The molecule has 0 fully saturated rings. The van der Waals surface area contributed by atoms with Gasteiger partial charge >= 0.3 is 0 Å². The van der Waals surface area contributed by atoms with Crippen LogP contribution in [0.5, 0.6) is 0 Å². The van der Waals surface area contributed by atoms with Crippen LogP contribution in [0.1, 0.15) is 32.8 Å². The molecule has 0 amide bonds. The highest BCUT2D eigenvalue weighted by Gasteiger charge is 2.28. The van der Waals surface area contributed by atoms with Crippen LogP contribution in [0.4, 0.5) is 8.78 Å². The number of benzene rings is 1. The van der Waals surface area contributed by atoms with Crippen LogP contribution >= 0.6 is 0 Å². The third kappa shape index (κ3) is 2.76. The van der Waals surface area contributed by atoms with E-state index >= 15 is 0 Å². The summed E-state index contributed by atoms with van der Waals surface area (Å²) in [5.74, 6) is -0.822. The maximum Gasteiger partial charge on any atom is 0.159 e. The van der Waals surface area contributed by atoms with Gasteiger partial charge in [-0.15, -0.1) is 0 Å². The fourth-order valence-corrected chi connectivity index (χ4v) is 3.01. The van der Waals surface area contributed by atoms with Crippen LogP contribution in [0, 0.1) is 11.6 Å². The molecule has 1 heterocycles. The molecule has 0 atom stereocenters. The summed E-state index contributed by atoms with van der Waals surface area (Å²) in [6.45, 7) is 6.08. The summed E-state index contributed by atoms with van der Waals surface area (Å²) >= 11 is 0. The van der Waals surface area contributed by atoms with E-state index in [2.05, 4.69) is 13.0 Å². The van der Waals surface area contributed by atoms with E-state index in [1.165, 1.54) is 6.07 Å². The van der Waals surface area contributed by atoms with Gasteiger partial charge in [-0.05, 0) is 68.2 Å². The summed E-state index contributed by atoms with van der Waals surface area (Å²) in [7, 11) is 0. The van der Waals surface area contributed by atoms with E-state index in [0.717, 1.165) is 35.0 Å². The molecule has 0 N–H and O–H groups in total. The minimum Gasteiger partial charge on any atom is -0.483 e. The largest absolute Gasteiger partial charge is 0.483 e. The van der Waals surface area contributed by atoms with Gasteiger partial charge in [-0.2, -0.15) is 0 Å². The fourth-order valence-electron chi connectivity index (χ4n) is 3.01. The fraction of sp³-hybridized carbons (Fsp3) is 0.263. The Morgan fingerprint density at radius 1 is 1.18 bits per heavy atom. The average molecular weight is 300 g/mol. The van der Waals surface area contributed by atoms with Crippen LogP contribution in [0.2, 0.25) is 0 Å². The average Bonchev–Trinajstić information content (AvgIpc) is 2.41. The Morgan fingerprint density at radius 2 is 1.95 bits per heavy atom. The van der Waals surface area contributed by atoms with Gasteiger partial charge < -0.3 is 4.74 Å². The lowest BCUT2D eigenvalue weighted by Crippen LogP contribution is -2.26. The number of allylic oxidation sites excluding steroid dienone is 5. The van der Waals surface area contributed by atoms with Crippen molar-refractivity contribution in [2.24, 2.45) is 0 Å². The first-order valence-electron chi connectivity index (χ1n) is 7.31. The molecule has 0 saturated heterocycles. The molecule has 1 aliphatic carbocycles. The lowest BCUT2D eigenvalue weighted by Gasteiger charge is -2.33. The first kappa shape index (κ1) is 14.8. The van der Waals surface area contributed by atoms with E-state index in [1.54, 1.807) is 6.07 Å². The Bertz CT molecular complexity index is 749. The van der Waals surface area contributed by atoms with Crippen molar-refractivity contribution in [1.82, 2.24) is 0 Å². The maximum absolute atomic E-state index is 13.4. The Balaban J connectivity index is 2.04. The zero-order chi connectivity index (χ0) is 15.9. The molecule has 3 rings (SSSR count). The number of hydrogen-bond donors (Lipinski definition) is 0. The highest BCUT2D eigenvalue weighted by molar-refractivity contribution is 5.66. The second-order valence-corrected chi connectivity index (χ2v) is 6.22. The highest BCUT2D eigenvalue weighted by Crippen LogP contribution is 2.39. The minimum absolute atomic E-state index is 0.336. The lowest BCUT2D eigenvalue weighted by molar-refractivity contribution is 0.0797. The van der Waals surface area contributed by atoms with Crippen LogP contribution in [0.3, 0.4) is 0 Å². The molecular weight excluding hydrogens is 282 g/mol. The van der Waals surface area contributed by atoms with E-state index < -0.39 is 11.6 Å². The van der Waals surface area contributed by atoms with Gasteiger partial charge in [0.2, 0.25) is 0 Å². The molecule has 2 aliphatic rings. The van der Waals surface area contributed by atoms with Crippen LogP contribution in [-0.4, -0.2) is 5.60 Å². The molecule has 0 bridgehead atoms. The van der Waals surface area contributed by atoms with Gasteiger partial charge in [0, 0.05) is 5.57 Å². The zero-order valence-electron chi connectivity index (χ0n) is 12.9. The summed E-state index contributed by atoms with van der Waals surface area (Å²) in [6.07, 6.45) is 8.73. The van der Waals surface area contributed by atoms with Gasteiger partial charge in [0.15, 0.2) is 11.6 Å². The molecule has 1 aromatic carbocycles. The molecule has 1 nitrogen and oxygen atoms in total. The number of ether oxygens (including phenoxy) is 1. The number of halogens is 2. The summed E-state index contributed by atoms with van der Waals surface area (Å²) in [4.78, 5) is 0. The number of rotatable bonds is 1. The molecule has 0 radical (unpaired) electrons. The van der Waals surface area contributed by atoms with Crippen molar-refractivity contribution in [3.63, 3.8) is 0 Å². The van der Waals surface area contributed by atoms with Crippen LogP contribution in [-0.2, 0) is 4.74 Å². The van der Waals surface area contributed by atoms with Crippen LogP contribution in [0.25, 0.3) is 6.08 Å². The Morgan fingerprint density at radius 3 is 2.68 bits per heavy atom. The molecule has 1 aliphatic heterocycles. The van der Waals surface area contributed by atoms with Gasteiger partial charge in [0.25, 0.3) is 0 Å². The van der Waals surface area contributed by atoms with Crippen molar-refractivity contribution < 1.29 is 13.5 Å². The second kappa shape index (κ2) is 5.24. The quantitative estimate of drug-likeness (QED) is 0.682. The molecule has 22 heavy (non-hydrogen) atoms.